The van der Waals surface area contributed by atoms with Crippen LogP contribution < -0.4 is 5.32 Å². The number of likely N-dealkylation sites (tertiary alicyclic amines) is 1. The van der Waals surface area contributed by atoms with Crippen LogP contribution in [0, 0.1) is 0 Å². The van der Waals surface area contributed by atoms with E-state index in [0.717, 1.165) is 13.1 Å². The van der Waals surface area contributed by atoms with E-state index in [1.807, 2.05) is 14.2 Å². The van der Waals surface area contributed by atoms with Gasteiger partial charge in [-0.3, -0.25) is 4.90 Å². The van der Waals surface area contributed by atoms with Crippen LogP contribution in [0.25, 0.3) is 0 Å². The van der Waals surface area contributed by atoms with E-state index in [1.54, 1.807) is 0 Å². The second-order valence-electron chi connectivity index (χ2n) is 5.60. The molecule has 0 amide bonds. The maximum atomic E-state index is 5.59. The van der Waals surface area contributed by atoms with Crippen molar-refractivity contribution in [2.75, 3.05) is 33.8 Å². The summed E-state index contributed by atoms with van der Waals surface area (Å²) in [6.45, 7) is 10.0. The molecule has 1 saturated heterocycles. The minimum Gasteiger partial charge on any atom is -0.377 e. The van der Waals surface area contributed by atoms with Gasteiger partial charge in [0.2, 0.25) is 0 Å². The first-order chi connectivity index (χ1) is 6.91. The van der Waals surface area contributed by atoms with Gasteiger partial charge in [-0.1, -0.05) is 0 Å². The summed E-state index contributed by atoms with van der Waals surface area (Å²) in [6.07, 6.45) is 2.42. The minimum atomic E-state index is 0.0576. The number of likely N-dealkylation sites (N-methyl/N-ethyl adjacent to an activating group) is 1. The van der Waals surface area contributed by atoms with Crippen LogP contribution in [0.1, 0.15) is 33.6 Å². The molecule has 3 heteroatoms. The van der Waals surface area contributed by atoms with Crippen LogP contribution in [0.4, 0.5) is 0 Å². The third kappa shape index (κ3) is 3.74. The number of methoxy groups -OCH3 is 1. The average Bonchev–Trinajstić information content (AvgIpc) is 2.17. The third-order valence-corrected chi connectivity index (χ3v) is 3.53. The predicted octanol–water partition coefficient (Wildman–Crippen LogP) is 1.49. The standard InChI is InChI=1S/C12H26N2O/c1-11(2,13-4)9-14-8-6-7-12(3,10-14)15-5/h13H,6-10H2,1-5H3. The van der Waals surface area contributed by atoms with E-state index in [0.29, 0.717) is 0 Å². The van der Waals surface area contributed by atoms with E-state index in [1.165, 1.54) is 19.4 Å². The van der Waals surface area contributed by atoms with E-state index < -0.39 is 0 Å². The number of ether oxygens (including phenoxy) is 1. The maximum absolute atomic E-state index is 5.59. The number of rotatable bonds is 4. The van der Waals surface area contributed by atoms with Gasteiger partial charge < -0.3 is 10.1 Å². The van der Waals surface area contributed by atoms with Crippen LogP contribution in [0.5, 0.6) is 0 Å². The van der Waals surface area contributed by atoms with Crippen molar-refractivity contribution in [3.05, 3.63) is 0 Å². The van der Waals surface area contributed by atoms with Crippen LogP contribution in [-0.2, 0) is 4.74 Å². The molecule has 3 nitrogen and oxygen atoms in total. The van der Waals surface area contributed by atoms with Gasteiger partial charge in [-0.15, -0.1) is 0 Å². The van der Waals surface area contributed by atoms with E-state index in [-0.39, 0.29) is 11.1 Å². The van der Waals surface area contributed by atoms with Crippen molar-refractivity contribution in [1.82, 2.24) is 10.2 Å². The van der Waals surface area contributed by atoms with Gasteiger partial charge in [0.25, 0.3) is 0 Å². The van der Waals surface area contributed by atoms with Crippen LogP contribution in [0.15, 0.2) is 0 Å². The first kappa shape index (κ1) is 12.9. The lowest BCUT2D eigenvalue weighted by molar-refractivity contribution is -0.0546. The van der Waals surface area contributed by atoms with Crippen LogP contribution in [0.2, 0.25) is 0 Å². The summed E-state index contributed by atoms with van der Waals surface area (Å²) < 4.78 is 5.59. The molecule has 1 heterocycles. The SMILES string of the molecule is CNC(C)(C)CN1CCCC(C)(OC)C1. The van der Waals surface area contributed by atoms with Crippen molar-refractivity contribution < 1.29 is 4.74 Å². The summed E-state index contributed by atoms with van der Waals surface area (Å²) in [5.41, 5.74) is 0.244. The Morgan fingerprint density at radius 2 is 2.13 bits per heavy atom. The van der Waals surface area contributed by atoms with Gasteiger partial charge >= 0.3 is 0 Å². The fourth-order valence-electron chi connectivity index (χ4n) is 2.25. The van der Waals surface area contributed by atoms with Gasteiger partial charge in [0, 0.05) is 25.7 Å². The zero-order valence-electron chi connectivity index (χ0n) is 10.9. The summed E-state index contributed by atoms with van der Waals surface area (Å²) in [6, 6.07) is 0. The van der Waals surface area contributed by atoms with Crippen molar-refractivity contribution >= 4 is 0 Å². The van der Waals surface area contributed by atoms with Crippen molar-refractivity contribution in [1.29, 1.82) is 0 Å². The molecule has 0 radical (unpaired) electrons. The van der Waals surface area contributed by atoms with Gasteiger partial charge in [0.15, 0.2) is 0 Å². The highest BCUT2D eigenvalue weighted by molar-refractivity contribution is 4.88. The molecule has 0 spiro atoms. The van der Waals surface area contributed by atoms with Crippen LogP contribution in [-0.4, -0.2) is 49.8 Å². The first-order valence-electron chi connectivity index (χ1n) is 5.87. The first-order valence-corrected chi connectivity index (χ1v) is 5.87. The quantitative estimate of drug-likeness (QED) is 0.767. The molecule has 1 N–H and O–H groups in total. The maximum Gasteiger partial charge on any atom is 0.0777 e. The number of hydrogen-bond donors (Lipinski definition) is 1. The largest absolute Gasteiger partial charge is 0.377 e. The lowest BCUT2D eigenvalue weighted by Crippen LogP contribution is -2.54. The van der Waals surface area contributed by atoms with Gasteiger partial charge in [0.05, 0.1) is 5.60 Å². The van der Waals surface area contributed by atoms with Crippen molar-refractivity contribution in [3.8, 4) is 0 Å². The molecule has 1 aliphatic rings. The normalized spacial score (nSPS) is 29.4. The molecule has 0 bridgehead atoms. The molecule has 1 atom stereocenters. The van der Waals surface area contributed by atoms with E-state index in [9.17, 15) is 0 Å². The lowest BCUT2D eigenvalue weighted by Gasteiger charge is -2.42. The molecular formula is C12H26N2O. The summed E-state index contributed by atoms with van der Waals surface area (Å²) in [5, 5.41) is 3.35. The smallest absolute Gasteiger partial charge is 0.0777 e. The van der Waals surface area contributed by atoms with Crippen molar-refractivity contribution in [3.63, 3.8) is 0 Å². The second kappa shape index (κ2) is 4.81. The molecule has 0 aromatic heterocycles. The fraction of sp³-hybridized carbons (Fsp3) is 1.00. The molecule has 15 heavy (non-hydrogen) atoms. The van der Waals surface area contributed by atoms with Gasteiger partial charge in [0.1, 0.15) is 0 Å². The Kier molecular flexibility index (Phi) is 4.15. The molecule has 0 aromatic rings. The third-order valence-electron chi connectivity index (χ3n) is 3.53. The highest BCUT2D eigenvalue weighted by atomic mass is 16.5. The molecule has 90 valence electrons. The Bertz CT molecular complexity index is 204. The van der Waals surface area contributed by atoms with E-state index >= 15 is 0 Å². The summed E-state index contributed by atoms with van der Waals surface area (Å²) in [7, 11) is 3.85. The zero-order valence-corrected chi connectivity index (χ0v) is 10.9. The van der Waals surface area contributed by atoms with Crippen molar-refractivity contribution in [2.24, 2.45) is 0 Å². The number of piperidine rings is 1. The predicted molar refractivity (Wildman–Crippen MR) is 64.2 cm³/mol. The average molecular weight is 214 g/mol. The Morgan fingerprint density at radius 3 is 2.67 bits per heavy atom. The van der Waals surface area contributed by atoms with E-state index in [4.69, 9.17) is 4.74 Å². The topological polar surface area (TPSA) is 24.5 Å². The van der Waals surface area contributed by atoms with Crippen LogP contribution in [0.3, 0.4) is 0 Å². The van der Waals surface area contributed by atoms with Crippen LogP contribution >= 0.6 is 0 Å². The molecule has 1 aliphatic heterocycles. The highest BCUT2D eigenvalue weighted by Gasteiger charge is 2.32. The molecule has 0 saturated carbocycles. The van der Waals surface area contributed by atoms with Crippen molar-refractivity contribution in [2.45, 2.75) is 44.8 Å². The van der Waals surface area contributed by atoms with Gasteiger partial charge in [-0.05, 0) is 47.2 Å². The summed E-state index contributed by atoms with van der Waals surface area (Å²) >= 11 is 0. The Hall–Kier alpha value is -0.120. The Morgan fingerprint density at radius 1 is 1.47 bits per heavy atom. The highest BCUT2D eigenvalue weighted by Crippen LogP contribution is 2.24. The zero-order chi connectivity index (χ0) is 11.5. The van der Waals surface area contributed by atoms with Gasteiger partial charge in [-0.2, -0.15) is 0 Å². The molecule has 1 fully saturated rings. The fourth-order valence-corrected chi connectivity index (χ4v) is 2.25. The summed E-state index contributed by atoms with van der Waals surface area (Å²) in [5.74, 6) is 0. The monoisotopic (exact) mass is 214 g/mol. The Labute approximate surface area is 94.2 Å². The number of nitrogens with one attached hydrogen (secondary N) is 1. The Balaban J connectivity index is 2.50. The molecule has 1 unspecified atom stereocenters. The number of nitrogens with zero attached hydrogens (tertiary/aromatic N) is 1. The number of hydrogen-bond acceptors (Lipinski definition) is 3. The van der Waals surface area contributed by atoms with Gasteiger partial charge in [-0.25, -0.2) is 0 Å². The van der Waals surface area contributed by atoms with E-state index in [2.05, 4.69) is 31.0 Å². The minimum absolute atomic E-state index is 0.0576. The molecule has 1 rings (SSSR count). The molecular weight excluding hydrogens is 188 g/mol. The summed E-state index contributed by atoms with van der Waals surface area (Å²) in [4.78, 5) is 2.50. The lowest BCUT2D eigenvalue weighted by atomic mass is 9.93. The molecule has 0 aromatic carbocycles. The second-order valence-corrected chi connectivity index (χ2v) is 5.60. The molecule has 0 aliphatic carbocycles.